The first-order valence-electron chi connectivity index (χ1n) is 8.10. The van der Waals surface area contributed by atoms with Gasteiger partial charge < -0.3 is 30.9 Å². The van der Waals surface area contributed by atoms with Gasteiger partial charge in [-0.2, -0.15) is 0 Å². The van der Waals surface area contributed by atoms with Crippen molar-refractivity contribution in [3.63, 3.8) is 0 Å². The summed E-state index contributed by atoms with van der Waals surface area (Å²) >= 11 is 2.34. The van der Waals surface area contributed by atoms with Gasteiger partial charge in [-0.05, 0) is 12.5 Å². The van der Waals surface area contributed by atoms with Crippen molar-refractivity contribution >= 4 is 51.7 Å². The van der Waals surface area contributed by atoms with E-state index < -0.39 is 35.8 Å². The quantitative estimate of drug-likeness (QED) is 0.159. The summed E-state index contributed by atoms with van der Waals surface area (Å²) in [5.41, 5.74) is 5.49. The molecule has 0 aromatic carbocycles. The van der Waals surface area contributed by atoms with Gasteiger partial charge in [-0.3, -0.25) is 14.5 Å². The van der Waals surface area contributed by atoms with Crippen molar-refractivity contribution < 1.29 is 59.0 Å². The minimum absolute atomic E-state index is 0. The van der Waals surface area contributed by atoms with Gasteiger partial charge in [0.05, 0.1) is 18.3 Å². The molecule has 14 heteroatoms. The number of nitrogens with zero attached hydrogens (tertiary/aromatic N) is 3. The molecule has 0 radical (unpaired) electrons. The second kappa shape index (κ2) is 9.91. The average molecular weight is 449 g/mol. The van der Waals surface area contributed by atoms with Crippen molar-refractivity contribution in [3.05, 3.63) is 22.3 Å². The van der Waals surface area contributed by atoms with Gasteiger partial charge in [0.1, 0.15) is 23.7 Å². The summed E-state index contributed by atoms with van der Waals surface area (Å²) in [6.07, 6.45) is 0. The number of thioether (sulfide) groups is 1. The summed E-state index contributed by atoms with van der Waals surface area (Å²) in [5, 5.41) is 28.1. The van der Waals surface area contributed by atoms with Crippen LogP contribution in [-0.2, 0) is 19.2 Å². The van der Waals surface area contributed by atoms with Crippen LogP contribution in [0.2, 0.25) is 0 Å². The summed E-state index contributed by atoms with van der Waals surface area (Å²) in [6.45, 7) is 1.40. The van der Waals surface area contributed by atoms with E-state index in [4.69, 9.17) is 10.6 Å². The first-order valence-corrected chi connectivity index (χ1v) is 10.0. The number of nitrogens with two attached hydrogens (primary N) is 1. The van der Waals surface area contributed by atoms with Crippen molar-refractivity contribution in [3.8, 4) is 0 Å². The number of hydrogen-bond acceptors (Lipinski definition) is 11. The molecule has 3 rings (SSSR count). The molecule has 2 aliphatic heterocycles. The Bertz CT molecular complexity index is 888. The summed E-state index contributed by atoms with van der Waals surface area (Å²) in [6, 6.07) is -0.963. The molecular formula is C15H16N5NaO6S2. The number of aliphatic carboxylic acids is 1. The van der Waals surface area contributed by atoms with E-state index in [1.165, 1.54) is 17.1 Å². The molecule has 11 nitrogen and oxygen atoms in total. The fraction of sp³-hybridized carbons (Fsp3) is 0.400. The van der Waals surface area contributed by atoms with Gasteiger partial charge in [0, 0.05) is 11.1 Å². The monoisotopic (exact) mass is 449 g/mol. The van der Waals surface area contributed by atoms with Crippen LogP contribution in [-0.4, -0.2) is 68.9 Å². The van der Waals surface area contributed by atoms with Gasteiger partial charge in [-0.1, -0.05) is 5.16 Å². The third-order valence-corrected chi connectivity index (χ3v) is 6.00. The summed E-state index contributed by atoms with van der Waals surface area (Å²) < 4.78 is 0. The molecule has 0 aliphatic carbocycles. The van der Waals surface area contributed by atoms with Crippen LogP contribution in [0.25, 0.3) is 0 Å². The normalized spacial score (nSPS) is 21.1. The molecule has 150 valence electrons. The maximum Gasteiger partial charge on any atom is 1.00 e. The zero-order valence-corrected chi connectivity index (χ0v) is 19.2. The van der Waals surface area contributed by atoms with Crippen molar-refractivity contribution in [2.24, 2.45) is 5.16 Å². The fourth-order valence-corrected chi connectivity index (χ4v) is 4.62. The van der Waals surface area contributed by atoms with E-state index in [0.717, 1.165) is 16.2 Å². The van der Waals surface area contributed by atoms with Gasteiger partial charge in [-0.25, -0.2) is 4.98 Å². The molecule has 0 saturated carbocycles. The Hall–Kier alpha value is -1.64. The van der Waals surface area contributed by atoms with Crippen LogP contribution in [0, 0.1) is 0 Å². The second-order valence-electron chi connectivity index (χ2n) is 5.69. The van der Waals surface area contributed by atoms with E-state index in [0.29, 0.717) is 0 Å². The number of hydrogen-bond donors (Lipinski definition) is 3. The van der Waals surface area contributed by atoms with Crippen molar-refractivity contribution in [2.45, 2.75) is 18.3 Å². The standard InChI is InChI=1S/C15H17N5O6S2.Na/c1-2-26-19-8(7-5-28-15(16)17-7)11(22)18-9-12(23)20-10(14(24)25)6(3-21)4-27-13(9)20;/h5,9,13,21H,2-4H2,1H3,(H2,16,17)(H,18,22)(H,24,25);/q;+1/p-1/b19-8+;/t9-,13-;/m1./s1. The summed E-state index contributed by atoms with van der Waals surface area (Å²) in [5.74, 6) is -2.68. The average Bonchev–Trinajstić information content (AvgIpc) is 3.10. The molecule has 2 atom stereocenters. The smallest absolute Gasteiger partial charge is 0.543 e. The second-order valence-corrected chi connectivity index (χ2v) is 7.68. The summed E-state index contributed by atoms with van der Waals surface area (Å²) in [4.78, 5) is 46.5. The van der Waals surface area contributed by atoms with Crippen LogP contribution < -0.4 is 45.7 Å². The number of carbonyl (C=O) groups is 3. The van der Waals surface area contributed by atoms with E-state index >= 15 is 0 Å². The first-order chi connectivity index (χ1) is 13.4. The predicted molar refractivity (Wildman–Crippen MR) is 98.8 cm³/mol. The number of nitrogens with one attached hydrogen (secondary N) is 1. The van der Waals surface area contributed by atoms with Crippen LogP contribution in [0.5, 0.6) is 0 Å². The number of aromatic nitrogens is 1. The third kappa shape index (κ3) is 4.59. The van der Waals surface area contributed by atoms with Crippen molar-refractivity contribution in [1.29, 1.82) is 0 Å². The molecule has 3 heterocycles. The van der Waals surface area contributed by atoms with Crippen molar-refractivity contribution in [2.75, 3.05) is 24.7 Å². The number of aliphatic hydroxyl groups excluding tert-OH is 1. The first kappa shape index (κ1) is 23.6. The number of carboxylic acids is 1. The van der Waals surface area contributed by atoms with Crippen molar-refractivity contribution in [1.82, 2.24) is 15.2 Å². The van der Waals surface area contributed by atoms with Crippen LogP contribution in [0.1, 0.15) is 12.6 Å². The van der Waals surface area contributed by atoms with Gasteiger partial charge in [0.25, 0.3) is 11.8 Å². The Labute approximate surface area is 195 Å². The molecule has 1 fully saturated rings. The SMILES string of the molecule is CCO/N=C(/C(=O)N[C@@H]1C(=O)N2C(C(=O)[O-])=C(CO)CS[C@H]12)c1csc(N)n1.[Na+]. The molecule has 0 unspecified atom stereocenters. The molecule has 1 aromatic heterocycles. The number of anilines is 1. The number of thiazole rings is 1. The number of oxime groups is 1. The van der Waals surface area contributed by atoms with Gasteiger partial charge >= 0.3 is 29.6 Å². The number of amides is 2. The Kier molecular flexibility index (Phi) is 8.08. The topological polar surface area (TPSA) is 170 Å². The number of carbonyl (C=O) groups excluding carboxylic acids is 3. The minimum atomic E-state index is -1.55. The molecule has 4 N–H and O–H groups in total. The van der Waals surface area contributed by atoms with E-state index in [1.807, 2.05) is 0 Å². The Morgan fingerprint density at radius 3 is 2.83 bits per heavy atom. The van der Waals surface area contributed by atoms with E-state index in [1.54, 1.807) is 6.92 Å². The third-order valence-electron chi connectivity index (χ3n) is 3.98. The van der Waals surface area contributed by atoms with E-state index in [-0.39, 0.29) is 69.7 Å². The van der Waals surface area contributed by atoms with E-state index in [2.05, 4.69) is 15.5 Å². The zero-order valence-electron chi connectivity index (χ0n) is 15.6. The fourth-order valence-electron chi connectivity index (χ4n) is 2.73. The number of β-lactam (4-membered cyclic amide) rings is 1. The maximum atomic E-state index is 12.7. The Morgan fingerprint density at radius 1 is 1.55 bits per heavy atom. The van der Waals surface area contributed by atoms with Crippen LogP contribution in [0.4, 0.5) is 5.13 Å². The number of carboxylic acid groups (broad SMARTS) is 1. The molecule has 1 saturated heterocycles. The molecule has 1 aromatic rings. The number of rotatable bonds is 7. The number of nitrogen functional groups attached to an aromatic ring is 1. The van der Waals surface area contributed by atoms with Crippen LogP contribution in [0.3, 0.4) is 0 Å². The number of fused-ring (bicyclic) bond motifs is 1. The summed E-state index contributed by atoms with van der Waals surface area (Å²) in [7, 11) is 0. The minimum Gasteiger partial charge on any atom is -0.543 e. The van der Waals surface area contributed by atoms with Gasteiger partial charge in [0.15, 0.2) is 10.8 Å². The molecule has 0 spiro atoms. The predicted octanol–water partition coefficient (Wildman–Crippen LogP) is -5.13. The Balaban J connectivity index is 0.00000300. The Morgan fingerprint density at radius 2 is 2.28 bits per heavy atom. The molecular weight excluding hydrogens is 433 g/mol. The molecule has 29 heavy (non-hydrogen) atoms. The number of aliphatic hydroxyl groups is 1. The van der Waals surface area contributed by atoms with E-state index in [9.17, 15) is 24.6 Å². The largest absolute Gasteiger partial charge is 1.00 e. The van der Waals surface area contributed by atoms with Crippen LogP contribution in [0.15, 0.2) is 21.8 Å². The molecule has 0 bridgehead atoms. The molecule has 2 amide bonds. The van der Waals surface area contributed by atoms with Gasteiger partial charge in [0.2, 0.25) is 0 Å². The zero-order chi connectivity index (χ0) is 20.4. The maximum absolute atomic E-state index is 12.7. The molecule has 2 aliphatic rings. The van der Waals surface area contributed by atoms with Crippen LogP contribution >= 0.6 is 23.1 Å². The van der Waals surface area contributed by atoms with Gasteiger partial charge in [-0.15, -0.1) is 23.1 Å².